The van der Waals surface area contributed by atoms with Gasteiger partial charge < -0.3 is 5.32 Å². The summed E-state index contributed by atoms with van der Waals surface area (Å²) in [5.74, 6) is 0.120. The Balaban J connectivity index is 2.01. The highest BCUT2D eigenvalue weighted by Gasteiger charge is 2.21. The lowest BCUT2D eigenvalue weighted by Gasteiger charge is -2.22. The van der Waals surface area contributed by atoms with Crippen LogP contribution in [0.2, 0.25) is 0 Å². The normalized spacial score (nSPS) is 19.7. The van der Waals surface area contributed by atoms with E-state index in [2.05, 4.69) is 10.0 Å². The van der Waals surface area contributed by atoms with Gasteiger partial charge in [0.05, 0.1) is 4.90 Å². The molecular weight excluding hydrogens is 291 g/mol. The van der Waals surface area contributed by atoms with Crippen molar-refractivity contribution in [3.8, 4) is 0 Å². The molecule has 0 spiro atoms. The molecular formula is C15H23FN2O2S. The molecule has 1 aliphatic heterocycles. The summed E-state index contributed by atoms with van der Waals surface area (Å²) in [6.45, 7) is 5.67. The first-order valence-electron chi connectivity index (χ1n) is 7.37. The first-order valence-corrected chi connectivity index (χ1v) is 8.85. The molecule has 1 unspecified atom stereocenters. The topological polar surface area (TPSA) is 58.2 Å². The van der Waals surface area contributed by atoms with Crippen LogP contribution in [0.25, 0.3) is 0 Å². The van der Waals surface area contributed by atoms with E-state index in [4.69, 9.17) is 0 Å². The predicted octanol–water partition coefficient (Wildman–Crippen LogP) is 2.11. The van der Waals surface area contributed by atoms with Crippen molar-refractivity contribution in [2.45, 2.75) is 38.0 Å². The summed E-state index contributed by atoms with van der Waals surface area (Å²) >= 11 is 0. The van der Waals surface area contributed by atoms with Crippen LogP contribution in [0.1, 0.15) is 30.4 Å². The summed E-state index contributed by atoms with van der Waals surface area (Å²) in [6.07, 6.45) is 3.11. The third kappa shape index (κ3) is 4.25. The Morgan fingerprint density at radius 2 is 2.00 bits per heavy atom. The second-order valence-electron chi connectivity index (χ2n) is 5.77. The molecule has 4 nitrogen and oxygen atoms in total. The molecule has 1 aliphatic rings. The monoisotopic (exact) mass is 314 g/mol. The van der Waals surface area contributed by atoms with E-state index in [0.29, 0.717) is 23.6 Å². The Morgan fingerprint density at radius 1 is 1.33 bits per heavy atom. The SMILES string of the molecule is Cc1cc(F)cc(C)c1S(=O)(=O)NCCC1CCCNC1. The van der Waals surface area contributed by atoms with Gasteiger partial charge >= 0.3 is 0 Å². The standard InChI is InChI=1S/C15H23FN2O2S/c1-11-8-14(16)9-12(2)15(11)21(19,20)18-7-5-13-4-3-6-17-10-13/h8-9,13,17-18H,3-7,10H2,1-2H3. The molecule has 2 N–H and O–H groups in total. The van der Waals surface area contributed by atoms with Crippen molar-refractivity contribution in [1.29, 1.82) is 0 Å². The van der Waals surface area contributed by atoms with E-state index in [1.54, 1.807) is 13.8 Å². The number of piperidine rings is 1. The van der Waals surface area contributed by atoms with Gasteiger partial charge in [-0.25, -0.2) is 17.5 Å². The molecule has 2 rings (SSSR count). The van der Waals surface area contributed by atoms with Gasteiger partial charge in [0.1, 0.15) is 5.82 Å². The van der Waals surface area contributed by atoms with Crippen LogP contribution in [0.5, 0.6) is 0 Å². The van der Waals surface area contributed by atoms with E-state index < -0.39 is 15.8 Å². The number of benzene rings is 1. The van der Waals surface area contributed by atoms with Gasteiger partial charge in [-0.2, -0.15) is 0 Å². The highest BCUT2D eigenvalue weighted by Crippen LogP contribution is 2.21. The number of nitrogens with one attached hydrogen (secondary N) is 2. The zero-order valence-corrected chi connectivity index (χ0v) is 13.4. The average Bonchev–Trinajstić information content (AvgIpc) is 2.38. The lowest BCUT2D eigenvalue weighted by Crippen LogP contribution is -2.33. The lowest BCUT2D eigenvalue weighted by molar-refractivity contribution is 0.358. The maximum absolute atomic E-state index is 13.3. The van der Waals surface area contributed by atoms with Crippen LogP contribution in [0.3, 0.4) is 0 Å². The summed E-state index contributed by atoms with van der Waals surface area (Å²) < 4.78 is 40.7. The Hall–Kier alpha value is -0.980. The molecule has 0 aromatic heterocycles. The molecule has 118 valence electrons. The summed E-state index contributed by atoms with van der Waals surface area (Å²) in [4.78, 5) is 0.200. The molecule has 1 saturated heterocycles. The Kier molecular flexibility index (Phi) is 5.35. The van der Waals surface area contributed by atoms with Crippen LogP contribution in [-0.2, 0) is 10.0 Å². The van der Waals surface area contributed by atoms with Crippen LogP contribution in [0.4, 0.5) is 4.39 Å². The van der Waals surface area contributed by atoms with Gasteiger partial charge in [-0.1, -0.05) is 0 Å². The van der Waals surface area contributed by atoms with Crippen LogP contribution in [0.15, 0.2) is 17.0 Å². The highest BCUT2D eigenvalue weighted by atomic mass is 32.2. The van der Waals surface area contributed by atoms with E-state index in [0.717, 1.165) is 32.4 Å². The second-order valence-corrected chi connectivity index (χ2v) is 7.47. The zero-order chi connectivity index (χ0) is 15.5. The molecule has 0 aliphatic carbocycles. The van der Waals surface area contributed by atoms with E-state index in [9.17, 15) is 12.8 Å². The molecule has 1 atom stereocenters. The van der Waals surface area contributed by atoms with Gasteiger partial charge in [0.25, 0.3) is 0 Å². The third-order valence-corrected chi connectivity index (χ3v) is 5.70. The van der Waals surface area contributed by atoms with Crippen molar-refractivity contribution in [2.75, 3.05) is 19.6 Å². The fourth-order valence-corrected chi connectivity index (χ4v) is 4.46. The van der Waals surface area contributed by atoms with E-state index in [1.807, 2.05) is 0 Å². The van der Waals surface area contributed by atoms with Crippen molar-refractivity contribution in [3.63, 3.8) is 0 Å². The first-order chi connectivity index (χ1) is 9.90. The van der Waals surface area contributed by atoms with Gasteiger partial charge in [-0.15, -0.1) is 0 Å². The second kappa shape index (κ2) is 6.85. The fraction of sp³-hybridized carbons (Fsp3) is 0.600. The van der Waals surface area contributed by atoms with Crippen LogP contribution in [0, 0.1) is 25.6 Å². The Labute approximate surface area is 126 Å². The highest BCUT2D eigenvalue weighted by molar-refractivity contribution is 7.89. The summed E-state index contributed by atoms with van der Waals surface area (Å²) in [5.41, 5.74) is 0.888. The molecule has 6 heteroatoms. The van der Waals surface area contributed by atoms with E-state index in [1.165, 1.54) is 12.1 Å². The van der Waals surface area contributed by atoms with Gasteiger partial charge in [-0.05, 0) is 75.4 Å². The van der Waals surface area contributed by atoms with E-state index >= 15 is 0 Å². The maximum Gasteiger partial charge on any atom is 0.241 e. The van der Waals surface area contributed by atoms with Gasteiger partial charge in [0, 0.05) is 6.54 Å². The summed E-state index contributed by atoms with van der Waals surface area (Å²) in [5, 5.41) is 3.32. The molecule has 0 bridgehead atoms. The minimum absolute atomic E-state index is 0.200. The van der Waals surface area contributed by atoms with Crippen LogP contribution >= 0.6 is 0 Å². The molecule has 0 radical (unpaired) electrons. The number of hydrogen-bond donors (Lipinski definition) is 2. The molecule has 0 amide bonds. The van der Waals surface area contributed by atoms with Gasteiger partial charge in [0.15, 0.2) is 0 Å². The smallest absolute Gasteiger partial charge is 0.241 e. The van der Waals surface area contributed by atoms with Crippen molar-refractivity contribution >= 4 is 10.0 Å². The van der Waals surface area contributed by atoms with Crippen LogP contribution < -0.4 is 10.0 Å². The Bertz CT molecular complexity index is 573. The minimum atomic E-state index is -3.58. The molecule has 21 heavy (non-hydrogen) atoms. The lowest BCUT2D eigenvalue weighted by atomic mass is 9.96. The minimum Gasteiger partial charge on any atom is -0.316 e. The van der Waals surface area contributed by atoms with Gasteiger partial charge in [0.2, 0.25) is 10.0 Å². The molecule has 1 fully saturated rings. The van der Waals surface area contributed by atoms with Crippen molar-refractivity contribution in [2.24, 2.45) is 5.92 Å². The third-order valence-electron chi connectivity index (χ3n) is 3.94. The van der Waals surface area contributed by atoms with Gasteiger partial charge in [-0.3, -0.25) is 0 Å². The summed E-state index contributed by atoms with van der Waals surface area (Å²) in [6, 6.07) is 2.51. The Morgan fingerprint density at radius 3 is 2.57 bits per heavy atom. The molecule has 1 heterocycles. The maximum atomic E-state index is 13.3. The number of halogens is 1. The fourth-order valence-electron chi connectivity index (χ4n) is 2.96. The first kappa shape index (κ1) is 16.4. The van der Waals surface area contributed by atoms with Crippen LogP contribution in [-0.4, -0.2) is 28.1 Å². The number of hydrogen-bond acceptors (Lipinski definition) is 3. The molecule has 1 aromatic rings. The molecule has 1 aromatic carbocycles. The average molecular weight is 314 g/mol. The number of sulfonamides is 1. The van der Waals surface area contributed by atoms with E-state index in [-0.39, 0.29) is 4.90 Å². The summed E-state index contributed by atoms with van der Waals surface area (Å²) in [7, 11) is -3.58. The zero-order valence-electron chi connectivity index (χ0n) is 12.6. The number of rotatable bonds is 5. The van der Waals surface area contributed by atoms with Crippen molar-refractivity contribution in [1.82, 2.24) is 10.0 Å². The predicted molar refractivity (Wildman–Crippen MR) is 81.3 cm³/mol. The number of aryl methyl sites for hydroxylation is 2. The largest absolute Gasteiger partial charge is 0.316 e. The quantitative estimate of drug-likeness (QED) is 0.875. The van der Waals surface area contributed by atoms with Crippen molar-refractivity contribution in [3.05, 3.63) is 29.1 Å². The van der Waals surface area contributed by atoms with Crippen molar-refractivity contribution < 1.29 is 12.8 Å². The molecule has 0 saturated carbocycles.